The van der Waals surface area contributed by atoms with E-state index < -0.39 is 6.04 Å². The molecular weight excluding hydrogens is 436 g/mol. The number of urea groups is 1. The minimum atomic E-state index is -0.588. The van der Waals surface area contributed by atoms with Crippen molar-refractivity contribution in [2.45, 2.75) is 43.7 Å². The van der Waals surface area contributed by atoms with Gasteiger partial charge in [-0.2, -0.15) is 0 Å². The fourth-order valence-corrected chi connectivity index (χ4v) is 5.01. The summed E-state index contributed by atoms with van der Waals surface area (Å²) in [5.74, 6) is 0.162. The van der Waals surface area contributed by atoms with Crippen molar-refractivity contribution >= 4 is 23.1 Å². The van der Waals surface area contributed by atoms with E-state index in [1.54, 1.807) is 33.9 Å². The first-order chi connectivity index (χ1) is 16.5. The van der Waals surface area contributed by atoms with E-state index in [1.807, 2.05) is 18.2 Å². The Bertz CT molecular complexity index is 1240. The Morgan fingerprint density at radius 3 is 2.59 bits per heavy atom. The molecule has 4 heterocycles. The molecule has 5 rings (SSSR count). The zero-order valence-corrected chi connectivity index (χ0v) is 18.7. The second-order valence-corrected chi connectivity index (χ2v) is 9.00. The van der Waals surface area contributed by atoms with E-state index in [4.69, 9.17) is 0 Å². The number of hydrogen-bond acceptors (Lipinski definition) is 5. The molecule has 0 aliphatic carbocycles. The molecule has 2 aliphatic heterocycles. The van der Waals surface area contributed by atoms with Crippen molar-refractivity contribution in [3.8, 4) is 5.75 Å². The van der Waals surface area contributed by atoms with Crippen LogP contribution < -0.4 is 16.3 Å². The van der Waals surface area contributed by atoms with Crippen LogP contribution in [0.25, 0.3) is 11.2 Å². The van der Waals surface area contributed by atoms with Gasteiger partial charge in [-0.1, -0.05) is 12.1 Å². The Kier molecular flexibility index (Phi) is 5.95. The van der Waals surface area contributed by atoms with Gasteiger partial charge in [0.15, 0.2) is 5.65 Å². The van der Waals surface area contributed by atoms with Crippen molar-refractivity contribution in [2.24, 2.45) is 0 Å². The number of carbonyl (C=O) groups excluding carboxylic acids is 2. The molecule has 0 bridgehead atoms. The van der Waals surface area contributed by atoms with Gasteiger partial charge in [0, 0.05) is 37.8 Å². The number of likely N-dealkylation sites (tertiary alicyclic amines) is 1. The monoisotopic (exact) mass is 464 g/mol. The molecule has 2 fully saturated rings. The summed E-state index contributed by atoms with van der Waals surface area (Å²) in [6.07, 6.45) is 4.22. The Balaban J connectivity index is 1.18. The lowest BCUT2D eigenvalue weighted by Crippen LogP contribution is -2.52. The van der Waals surface area contributed by atoms with Crippen LogP contribution in [0.15, 0.2) is 47.4 Å². The first-order valence-corrected chi connectivity index (χ1v) is 11.7. The zero-order valence-electron chi connectivity index (χ0n) is 18.7. The maximum atomic E-state index is 12.9. The average Bonchev–Trinajstić information content (AvgIpc) is 3.08. The summed E-state index contributed by atoms with van der Waals surface area (Å²) in [6, 6.07) is 9.84. The summed E-state index contributed by atoms with van der Waals surface area (Å²) in [5, 5.41) is 15.3. The highest BCUT2D eigenvalue weighted by molar-refractivity contribution is 5.87. The smallest absolute Gasteiger partial charge is 0.327 e. The Morgan fingerprint density at radius 2 is 1.82 bits per heavy atom. The normalized spacial score (nSPS) is 21.8. The number of phenols is 1. The molecule has 2 aromatic heterocycles. The quantitative estimate of drug-likeness (QED) is 0.470. The lowest BCUT2D eigenvalue weighted by Gasteiger charge is -2.33. The Hall–Kier alpha value is -3.82. The zero-order chi connectivity index (χ0) is 23.7. The van der Waals surface area contributed by atoms with Crippen LogP contribution in [-0.4, -0.2) is 62.2 Å². The summed E-state index contributed by atoms with van der Waals surface area (Å²) in [5.41, 5.74) is 2.20. The number of nitrogens with zero attached hydrogens (tertiary/aromatic N) is 3. The van der Waals surface area contributed by atoms with E-state index in [2.05, 4.69) is 20.6 Å². The van der Waals surface area contributed by atoms with Crippen molar-refractivity contribution in [1.82, 2.24) is 30.1 Å². The van der Waals surface area contributed by atoms with Crippen LogP contribution in [-0.2, 0) is 4.79 Å². The number of phenolic OH excluding ortho intramolecular Hbond substituents is 1. The van der Waals surface area contributed by atoms with Gasteiger partial charge < -0.3 is 20.6 Å². The third-order valence-corrected chi connectivity index (χ3v) is 6.91. The van der Waals surface area contributed by atoms with Crippen LogP contribution >= 0.6 is 0 Å². The summed E-state index contributed by atoms with van der Waals surface area (Å²) in [7, 11) is 0. The fourth-order valence-electron chi connectivity index (χ4n) is 5.01. The highest BCUT2D eigenvalue weighted by Crippen LogP contribution is 2.27. The molecule has 4 N–H and O–H groups in total. The summed E-state index contributed by atoms with van der Waals surface area (Å²) in [6.45, 7) is 1.50. The first-order valence-electron chi connectivity index (χ1n) is 11.7. The minimum Gasteiger partial charge on any atom is -0.508 e. The lowest BCUT2D eigenvalue weighted by atomic mass is 9.94. The van der Waals surface area contributed by atoms with Gasteiger partial charge in [-0.3, -0.25) is 14.3 Å². The SMILES string of the molecule is O=C1NC[C@H](c2ccc(O)cc2)CC[C@H]1NC(=O)N1CCC(n2c(=O)[nH]c3ncccc32)CC1. The van der Waals surface area contributed by atoms with Gasteiger partial charge in [0.2, 0.25) is 5.91 Å². The third-order valence-electron chi connectivity index (χ3n) is 6.91. The molecule has 10 nitrogen and oxygen atoms in total. The predicted octanol–water partition coefficient (Wildman–Crippen LogP) is 1.84. The van der Waals surface area contributed by atoms with E-state index >= 15 is 0 Å². The van der Waals surface area contributed by atoms with Gasteiger partial charge in [-0.15, -0.1) is 0 Å². The number of nitrogens with one attached hydrogen (secondary N) is 3. The molecule has 0 spiro atoms. The van der Waals surface area contributed by atoms with Crippen molar-refractivity contribution in [1.29, 1.82) is 0 Å². The van der Waals surface area contributed by atoms with E-state index in [9.17, 15) is 19.5 Å². The van der Waals surface area contributed by atoms with Gasteiger partial charge in [0.05, 0.1) is 5.52 Å². The molecule has 2 aliphatic rings. The van der Waals surface area contributed by atoms with Crippen LogP contribution in [0.3, 0.4) is 0 Å². The third kappa shape index (κ3) is 4.35. The van der Waals surface area contributed by atoms with Gasteiger partial charge in [0.25, 0.3) is 0 Å². The lowest BCUT2D eigenvalue weighted by molar-refractivity contribution is -0.122. The van der Waals surface area contributed by atoms with Gasteiger partial charge in [-0.05, 0) is 55.5 Å². The number of carbonyl (C=O) groups is 2. The van der Waals surface area contributed by atoms with E-state index in [-0.39, 0.29) is 35.3 Å². The number of piperidine rings is 1. The summed E-state index contributed by atoms with van der Waals surface area (Å²) < 4.78 is 1.74. The minimum absolute atomic E-state index is 0.0123. The van der Waals surface area contributed by atoms with E-state index in [0.717, 1.165) is 17.5 Å². The molecule has 2 saturated heterocycles. The standard InChI is InChI=1S/C24H28N6O4/c31-18-6-3-15(4-7-18)16-5-8-19(22(32)26-14-16)27-23(33)29-12-9-17(10-13-29)30-20-2-1-11-25-21(20)28-24(30)34/h1-4,6-7,11,16-17,19,31H,5,8-10,12-14H2,(H,26,32)(H,27,33)(H,25,28,34)/t16-,19-/m1/s1. The molecule has 0 unspecified atom stereocenters. The number of H-pyrrole nitrogens is 1. The van der Waals surface area contributed by atoms with Crippen LogP contribution in [0.5, 0.6) is 5.75 Å². The molecule has 3 aromatic rings. The van der Waals surface area contributed by atoms with Crippen molar-refractivity contribution in [3.05, 3.63) is 58.6 Å². The number of hydrogen-bond donors (Lipinski definition) is 4. The number of pyridine rings is 1. The highest BCUT2D eigenvalue weighted by Gasteiger charge is 2.31. The maximum Gasteiger partial charge on any atom is 0.327 e. The van der Waals surface area contributed by atoms with Crippen LogP contribution in [0.4, 0.5) is 4.79 Å². The molecule has 0 radical (unpaired) electrons. The number of aromatic nitrogens is 3. The van der Waals surface area contributed by atoms with Crippen LogP contribution in [0.1, 0.15) is 43.2 Å². The number of fused-ring (bicyclic) bond motifs is 1. The number of amides is 3. The second kappa shape index (κ2) is 9.20. The summed E-state index contributed by atoms with van der Waals surface area (Å²) >= 11 is 0. The molecule has 2 atom stereocenters. The summed E-state index contributed by atoms with van der Waals surface area (Å²) in [4.78, 5) is 46.7. The Morgan fingerprint density at radius 1 is 1.06 bits per heavy atom. The number of aromatic hydroxyl groups is 1. The molecular formula is C24H28N6O4. The molecule has 3 amide bonds. The van der Waals surface area contributed by atoms with Crippen LogP contribution in [0, 0.1) is 0 Å². The van der Waals surface area contributed by atoms with Gasteiger partial charge in [0.1, 0.15) is 11.8 Å². The highest BCUT2D eigenvalue weighted by atomic mass is 16.3. The number of benzene rings is 1. The Labute approximate surface area is 196 Å². The van der Waals surface area contributed by atoms with E-state index in [1.165, 1.54) is 0 Å². The van der Waals surface area contributed by atoms with Gasteiger partial charge >= 0.3 is 11.7 Å². The van der Waals surface area contributed by atoms with Crippen molar-refractivity contribution in [3.63, 3.8) is 0 Å². The molecule has 34 heavy (non-hydrogen) atoms. The molecule has 1 aromatic carbocycles. The number of imidazole rings is 1. The van der Waals surface area contributed by atoms with Crippen molar-refractivity contribution in [2.75, 3.05) is 19.6 Å². The van der Waals surface area contributed by atoms with Crippen LogP contribution in [0.2, 0.25) is 0 Å². The predicted molar refractivity (Wildman–Crippen MR) is 126 cm³/mol. The van der Waals surface area contributed by atoms with E-state index in [0.29, 0.717) is 44.5 Å². The molecule has 0 saturated carbocycles. The second-order valence-electron chi connectivity index (χ2n) is 9.00. The fraction of sp³-hybridized carbons (Fsp3) is 0.417. The molecule has 178 valence electrons. The maximum absolute atomic E-state index is 12.9. The molecule has 10 heteroatoms. The number of aromatic amines is 1. The number of rotatable bonds is 3. The largest absolute Gasteiger partial charge is 0.508 e. The average molecular weight is 465 g/mol. The first kappa shape index (κ1) is 22.0. The van der Waals surface area contributed by atoms with Gasteiger partial charge in [-0.25, -0.2) is 14.6 Å². The van der Waals surface area contributed by atoms with Crippen molar-refractivity contribution < 1.29 is 14.7 Å². The topological polar surface area (TPSA) is 132 Å².